The highest BCUT2D eigenvalue weighted by atomic mass is 16.5. The van der Waals surface area contributed by atoms with Gasteiger partial charge in [-0.1, -0.05) is 13.5 Å². The molecule has 0 fully saturated rings. The van der Waals surface area contributed by atoms with Gasteiger partial charge in [0.2, 0.25) is 0 Å². The molecule has 0 amide bonds. The summed E-state index contributed by atoms with van der Waals surface area (Å²) in [5.74, 6) is 0. The molecule has 0 heterocycles. The van der Waals surface area contributed by atoms with Crippen molar-refractivity contribution in [2.75, 3.05) is 13.2 Å². The normalized spacial score (nSPS) is 8.12. The van der Waals surface area contributed by atoms with Crippen LogP contribution in [0.3, 0.4) is 0 Å². The molecule has 0 aromatic rings. The van der Waals surface area contributed by atoms with E-state index in [4.69, 9.17) is 4.74 Å². The summed E-state index contributed by atoms with van der Waals surface area (Å²) in [7, 11) is 0. The van der Waals surface area contributed by atoms with E-state index < -0.39 is 0 Å². The molecule has 0 saturated heterocycles. The van der Waals surface area contributed by atoms with Gasteiger partial charge in [0.25, 0.3) is 0 Å². The first-order valence-corrected chi connectivity index (χ1v) is 2.83. The minimum atomic E-state index is 0.650. The van der Waals surface area contributed by atoms with Crippen molar-refractivity contribution in [3.63, 3.8) is 0 Å². The van der Waals surface area contributed by atoms with Gasteiger partial charge in [0, 0.05) is 6.61 Å². The fourth-order valence-electron chi connectivity index (χ4n) is 0.346. The summed E-state index contributed by atoms with van der Waals surface area (Å²) in [4.78, 5) is 0. The van der Waals surface area contributed by atoms with Crippen LogP contribution in [0.4, 0.5) is 0 Å². The summed E-state index contributed by atoms with van der Waals surface area (Å²) < 4.78 is 5.07. The SMILES string of the molecule is C=C=CCOCCC. The number of hydrogen-bond donors (Lipinski definition) is 0. The Morgan fingerprint density at radius 3 is 3.00 bits per heavy atom. The van der Waals surface area contributed by atoms with Crippen molar-refractivity contribution in [2.24, 2.45) is 0 Å². The van der Waals surface area contributed by atoms with Gasteiger partial charge in [0.15, 0.2) is 0 Å². The Kier molecular flexibility index (Phi) is 6.06. The molecule has 8 heavy (non-hydrogen) atoms. The van der Waals surface area contributed by atoms with Crippen molar-refractivity contribution in [2.45, 2.75) is 13.3 Å². The molecule has 0 aliphatic carbocycles. The molecule has 0 saturated carbocycles. The zero-order valence-electron chi connectivity index (χ0n) is 5.31. The van der Waals surface area contributed by atoms with Crippen molar-refractivity contribution < 1.29 is 4.74 Å². The molecule has 0 aromatic carbocycles. The molecular formula is C7H12O. The Hall–Kier alpha value is -0.520. The molecule has 0 N–H and O–H groups in total. The second kappa shape index (κ2) is 6.48. The first kappa shape index (κ1) is 7.48. The lowest BCUT2D eigenvalue weighted by molar-refractivity contribution is 0.163. The quantitative estimate of drug-likeness (QED) is 0.397. The van der Waals surface area contributed by atoms with Gasteiger partial charge in [-0.25, -0.2) is 0 Å². The van der Waals surface area contributed by atoms with Gasteiger partial charge >= 0.3 is 0 Å². The molecule has 0 rings (SSSR count). The Bertz CT molecular complexity index is 80.4. The van der Waals surface area contributed by atoms with Crippen LogP contribution in [0.15, 0.2) is 18.4 Å². The van der Waals surface area contributed by atoms with E-state index in [1.165, 1.54) is 0 Å². The molecule has 0 aliphatic rings. The van der Waals surface area contributed by atoms with E-state index >= 15 is 0 Å². The Labute approximate surface area is 50.7 Å². The van der Waals surface area contributed by atoms with E-state index in [2.05, 4.69) is 19.2 Å². The van der Waals surface area contributed by atoms with Gasteiger partial charge in [-0.05, 0) is 12.5 Å². The lowest BCUT2D eigenvalue weighted by Crippen LogP contribution is -1.90. The zero-order valence-corrected chi connectivity index (χ0v) is 5.31. The standard InChI is InChI=1S/C7H12O/c1-3-5-7-8-6-4-2/h5H,1,4,6-7H2,2H3. The third kappa shape index (κ3) is 5.48. The average molecular weight is 112 g/mol. The lowest BCUT2D eigenvalue weighted by Gasteiger charge is -1.92. The Morgan fingerprint density at radius 1 is 1.75 bits per heavy atom. The van der Waals surface area contributed by atoms with Crippen LogP contribution < -0.4 is 0 Å². The molecule has 0 radical (unpaired) electrons. The van der Waals surface area contributed by atoms with Crippen LogP contribution in [0, 0.1) is 0 Å². The highest BCUT2D eigenvalue weighted by Crippen LogP contribution is 1.78. The molecule has 0 unspecified atom stereocenters. The summed E-state index contributed by atoms with van der Waals surface area (Å²) >= 11 is 0. The maximum Gasteiger partial charge on any atom is 0.0721 e. The smallest absolute Gasteiger partial charge is 0.0721 e. The van der Waals surface area contributed by atoms with Crippen LogP contribution in [-0.4, -0.2) is 13.2 Å². The Morgan fingerprint density at radius 2 is 2.50 bits per heavy atom. The van der Waals surface area contributed by atoms with Gasteiger partial charge in [0.05, 0.1) is 6.61 Å². The molecule has 0 spiro atoms. The van der Waals surface area contributed by atoms with E-state index in [1.54, 1.807) is 6.08 Å². The van der Waals surface area contributed by atoms with Crippen LogP contribution in [0.2, 0.25) is 0 Å². The second-order valence-electron chi connectivity index (χ2n) is 1.48. The van der Waals surface area contributed by atoms with Crippen LogP contribution in [0.5, 0.6) is 0 Å². The summed E-state index contributed by atoms with van der Waals surface area (Å²) in [5, 5.41) is 0. The third-order valence-corrected chi connectivity index (χ3v) is 0.694. The third-order valence-electron chi connectivity index (χ3n) is 0.694. The fourth-order valence-corrected chi connectivity index (χ4v) is 0.346. The number of ether oxygens (including phenoxy) is 1. The predicted octanol–water partition coefficient (Wildman–Crippen LogP) is 1.75. The van der Waals surface area contributed by atoms with Gasteiger partial charge < -0.3 is 4.74 Å². The second-order valence-corrected chi connectivity index (χ2v) is 1.48. The van der Waals surface area contributed by atoms with Crippen LogP contribution in [0.1, 0.15) is 13.3 Å². The van der Waals surface area contributed by atoms with Gasteiger partial charge in [-0.2, -0.15) is 0 Å². The van der Waals surface area contributed by atoms with Crippen LogP contribution in [0.25, 0.3) is 0 Å². The lowest BCUT2D eigenvalue weighted by atomic mass is 10.5. The fraction of sp³-hybridized carbons (Fsp3) is 0.571. The number of rotatable bonds is 4. The molecule has 0 bridgehead atoms. The summed E-state index contributed by atoms with van der Waals surface area (Å²) in [5.41, 5.74) is 2.63. The monoisotopic (exact) mass is 112 g/mol. The van der Waals surface area contributed by atoms with Crippen molar-refractivity contribution >= 4 is 0 Å². The van der Waals surface area contributed by atoms with E-state index in [9.17, 15) is 0 Å². The van der Waals surface area contributed by atoms with E-state index in [0.717, 1.165) is 13.0 Å². The summed E-state index contributed by atoms with van der Waals surface area (Å²) in [6.45, 7) is 6.96. The highest BCUT2D eigenvalue weighted by molar-refractivity contribution is 4.74. The number of hydrogen-bond acceptors (Lipinski definition) is 1. The largest absolute Gasteiger partial charge is 0.377 e. The zero-order chi connectivity index (χ0) is 6.24. The maximum absolute atomic E-state index is 5.07. The predicted molar refractivity (Wildman–Crippen MR) is 34.8 cm³/mol. The minimum absolute atomic E-state index is 0.650. The highest BCUT2D eigenvalue weighted by Gasteiger charge is 1.75. The molecular weight excluding hydrogens is 100 g/mol. The summed E-state index contributed by atoms with van der Waals surface area (Å²) in [6, 6.07) is 0. The van der Waals surface area contributed by atoms with Gasteiger partial charge in [-0.15, -0.1) is 5.73 Å². The van der Waals surface area contributed by atoms with E-state index in [0.29, 0.717) is 6.61 Å². The van der Waals surface area contributed by atoms with Gasteiger partial charge in [0.1, 0.15) is 0 Å². The van der Waals surface area contributed by atoms with E-state index in [1.807, 2.05) is 0 Å². The molecule has 0 aromatic heterocycles. The topological polar surface area (TPSA) is 9.23 Å². The van der Waals surface area contributed by atoms with E-state index in [-0.39, 0.29) is 0 Å². The van der Waals surface area contributed by atoms with Gasteiger partial charge in [-0.3, -0.25) is 0 Å². The average Bonchev–Trinajstić information content (AvgIpc) is 1.81. The minimum Gasteiger partial charge on any atom is -0.377 e. The van der Waals surface area contributed by atoms with Crippen molar-refractivity contribution in [1.29, 1.82) is 0 Å². The molecule has 1 nitrogen and oxygen atoms in total. The van der Waals surface area contributed by atoms with Crippen molar-refractivity contribution in [1.82, 2.24) is 0 Å². The van der Waals surface area contributed by atoms with Crippen molar-refractivity contribution in [3.8, 4) is 0 Å². The summed E-state index contributed by atoms with van der Waals surface area (Å²) in [6.07, 6.45) is 2.85. The Balaban J connectivity index is 2.82. The molecule has 0 atom stereocenters. The van der Waals surface area contributed by atoms with Crippen molar-refractivity contribution in [3.05, 3.63) is 18.4 Å². The molecule has 0 aliphatic heterocycles. The maximum atomic E-state index is 5.07. The first-order valence-electron chi connectivity index (χ1n) is 2.83. The van der Waals surface area contributed by atoms with Crippen LogP contribution >= 0.6 is 0 Å². The molecule has 1 heteroatoms. The molecule has 46 valence electrons. The van der Waals surface area contributed by atoms with Crippen LogP contribution in [-0.2, 0) is 4.74 Å². The first-order chi connectivity index (χ1) is 3.91.